The summed E-state index contributed by atoms with van der Waals surface area (Å²) in [6, 6.07) is -10.6. The van der Waals surface area contributed by atoms with Crippen LogP contribution in [0, 0.1) is 0 Å². The molecule has 0 bridgehead atoms. The van der Waals surface area contributed by atoms with Crippen molar-refractivity contribution in [3.05, 3.63) is 0 Å². The van der Waals surface area contributed by atoms with Crippen LogP contribution in [-0.4, -0.2) is 619 Å². The highest BCUT2D eigenvalue weighted by Crippen LogP contribution is 2.42. The number of hydrogen-bond donors (Lipinski definition) is 36. The van der Waals surface area contributed by atoms with E-state index in [4.69, 9.17) is 104 Å². The number of rotatable bonds is 42. The molecule has 56 atom stereocenters. The second-order valence-corrected chi connectivity index (χ2v) is 36.0. The molecule has 64 nitrogen and oxygen atoms in total. The normalized spacial score (nSPS) is 47.3. The smallest absolute Gasteiger partial charge is 0.217 e. The van der Waals surface area contributed by atoms with Gasteiger partial charge in [0.1, 0.15) is 268 Å². The van der Waals surface area contributed by atoms with Gasteiger partial charge >= 0.3 is 0 Å². The maximum atomic E-state index is 13.3. The van der Waals surface area contributed by atoms with Crippen LogP contribution >= 0.6 is 0 Å². The molecule has 0 spiro atoms. The molecule has 144 heavy (non-hydrogen) atoms. The van der Waals surface area contributed by atoms with Crippen molar-refractivity contribution < 1.29 is 286 Å². The first-order valence-electron chi connectivity index (χ1n) is 45.9. The van der Waals surface area contributed by atoms with Crippen LogP contribution in [0.15, 0.2) is 0 Å². The average molecular weight is 2110 g/mol. The van der Waals surface area contributed by atoms with Crippen LogP contribution in [0.1, 0.15) is 34.6 Å². The highest BCUT2D eigenvalue weighted by molar-refractivity contribution is 5.75. The van der Waals surface area contributed by atoms with Gasteiger partial charge in [-0.05, 0) is 0 Å². The molecule has 0 saturated carbocycles. The molecule has 64 heteroatoms. The maximum Gasteiger partial charge on any atom is 0.217 e. The van der Waals surface area contributed by atoms with Gasteiger partial charge in [0.2, 0.25) is 35.9 Å². The fourth-order valence-electron chi connectivity index (χ4n) is 18.3. The van der Waals surface area contributed by atoms with E-state index >= 15 is 0 Å². The first-order valence-corrected chi connectivity index (χ1v) is 45.9. The Bertz CT molecular complexity index is 3980. The molecule has 11 heterocycles. The molecule has 0 aromatic heterocycles. The van der Waals surface area contributed by atoms with E-state index in [1.165, 1.54) is 0 Å². The third kappa shape index (κ3) is 27.1. The van der Waals surface area contributed by atoms with E-state index in [-0.39, 0.29) is 6.41 Å². The molecule has 0 radical (unpaired) electrons. The van der Waals surface area contributed by atoms with E-state index in [2.05, 4.69) is 31.9 Å². The lowest BCUT2D eigenvalue weighted by Gasteiger charge is -2.51. The second kappa shape index (κ2) is 53.3. The van der Waals surface area contributed by atoms with Gasteiger partial charge < -0.3 is 289 Å². The molecule has 832 valence electrons. The molecule has 6 amide bonds. The minimum Gasteiger partial charge on any atom is -0.394 e. The molecule has 11 saturated heterocycles. The quantitative estimate of drug-likeness (QED) is 0.0252. The second-order valence-electron chi connectivity index (χ2n) is 36.0. The first-order chi connectivity index (χ1) is 68.3. The molecule has 11 aliphatic heterocycles. The first kappa shape index (κ1) is 119. The van der Waals surface area contributed by atoms with Gasteiger partial charge in [-0.2, -0.15) is 0 Å². The summed E-state index contributed by atoms with van der Waals surface area (Å²) in [5.74, 6) is -4.74. The molecule has 11 rings (SSSR count). The predicted molar refractivity (Wildman–Crippen MR) is 444 cm³/mol. The summed E-state index contributed by atoms with van der Waals surface area (Å²) in [7, 11) is 0. The number of hydrogen-bond acceptors (Lipinski definition) is 58. The van der Waals surface area contributed by atoms with Crippen molar-refractivity contribution in [3.8, 4) is 0 Å². The zero-order valence-corrected chi connectivity index (χ0v) is 77.4. The summed E-state index contributed by atoms with van der Waals surface area (Å²) in [6.45, 7) is -8.63. The monoisotopic (exact) mass is 2110 g/mol. The summed E-state index contributed by atoms with van der Waals surface area (Å²) < 4.78 is 130. The molecule has 11 aliphatic rings. The fourth-order valence-corrected chi connectivity index (χ4v) is 18.3. The van der Waals surface area contributed by atoms with Crippen LogP contribution in [0.3, 0.4) is 0 Å². The summed E-state index contributed by atoms with van der Waals surface area (Å²) in [6.07, 6.45) is -104. The molecular formula is C80H134N6O58. The lowest BCUT2D eigenvalue weighted by molar-refractivity contribution is -0.385. The van der Waals surface area contributed by atoms with Gasteiger partial charge in [-0.3, -0.25) is 28.8 Å². The van der Waals surface area contributed by atoms with Crippen molar-refractivity contribution in [3.63, 3.8) is 0 Å². The van der Waals surface area contributed by atoms with Crippen LogP contribution in [-0.2, 0) is 133 Å². The van der Waals surface area contributed by atoms with Gasteiger partial charge in [0, 0.05) is 34.6 Å². The molecule has 11 fully saturated rings. The van der Waals surface area contributed by atoms with Crippen molar-refractivity contribution in [2.24, 2.45) is 0 Å². The lowest BCUT2D eigenvalue weighted by atomic mass is 9.94. The Balaban J connectivity index is 0.822. The van der Waals surface area contributed by atoms with E-state index in [1.807, 2.05) is 0 Å². The van der Waals surface area contributed by atoms with Gasteiger partial charge in [0.15, 0.2) is 69.2 Å². The standard InChI is InChI=1S/C80H134N6O58/c1-20(98)82-37-48(109)42(103)26(7-88)126-72(37)142-67-45(106)28(9-90)128-78(59(67)120)139-62-30(11-92)131-71(39(49(62)110)84-22(3)100)125-18-36-47(108)69(144-74-41(86-24(5)102)51(112)64(32(13-94)133-74)137-76-56(117)53(114)43(104)27(8-89)127-76)61(122)80(136-36)140-63-31(12-93)130-70(38(50(63)111)83-21(2)99)124-17-35-44(105)54(115)57(118)77(135-35)138-65-33(14-95)132-73(40(52(65)113)85-23(4)101)143-68-46(107)29(10-91)129-79(60(68)121)141-66-34(15-96)134-75(58(119)55(66)116)123-16-25(6-87)81-19-97/h19,25-80,87-96,103-122H,6-18H2,1-5H3,(H,81,97)(H,82,98)(H,83,99)(H,84,100)(H,85,101)(H,86,102)/t25-,26-,27-,28-,29-,30-,31-,32-,33-,34-,35-,36-,37-,38-,39-,40-,41-,42-,43+,44+,45+,46+,47+,48-,49-,50-,51-,52-,53+,54+,55-,56-,57-,58-,59-,60-,61-,62-,63-,64-,65-,66-,67+,68+,69+,70-,71-,72+,73+,74+,75-,76+,77+,78+,79+,80+/m1/s1. The van der Waals surface area contributed by atoms with E-state index in [9.17, 15) is 182 Å². The Kier molecular flexibility index (Phi) is 44.1. The molecule has 0 unspecified atom stereocenters. The number of carbonyl (C=O) groups excluding carboxylic acids is 6. The summed E-state index contributed by atoms with van der Waals surface area (Å²) >= 11 is 0. The average Bonchev–Trinajstić information content (AvgIpc) is 0.767. The van der Waals surface area contributed by atoms with E-state index in [1.54, 1.807) is 0 Å². The van der Waals surface area contributed by atoms with Crippen molar-refractivity contribution >= 4 is 35.9 Å². The maximum absolute atomic E-state index is 13.3. The Hall–Kier alpha value is -5.26. The van der Waals surface area contributed by atoms with Gasteiger partial charge in [-0.25, -0.2) is 0 Å². The number of ether oxygens (including phenoxy) is 22. The van der Waals surface area contributed by atoms with Crippen molar-refractivity contribution in [2.45, 2.75) is 378 Å². The summed E-state index contributed by atoms with van der Waals surface area (Å²) in [5, 5.41) is 350. The van der Waals surface area contributed by atoms with Crippen molar-refractivity contribution in [1.82, 2.24) is 31.9 Å². The molecule has 0 aliphatic carbocycles. The predicted octanol–water partition coefficient (Wildman–Crippen LogP) is -25.1. The van der Waals surface area contributed by atoms with E-state index < -0.39 is 459 Å². The summed E-state index contributed by atoms with van der Waals surface area (Å²) in [4.78, 5) is 75.8. The van der Waals surface area contributed by atoms with Gasteiger partial charge in [0.05, 0.1) is 91.9 Å². The lowest BCUT2D eigenvalue weighted by Crippen LogP contribution is -2.70. The molecule has 36 N–H and O–H groups in total. The van der Waals surface area contributed by atoms with Crippen LogP contribution in [0.5, 0.6) is 0 Å². The molecule has 0 aromatic rings. The van der Waals surface area contributed by atoms with Crippen LogP contribution in [0.25, 0.3) is 0 Å². The zero-order chi connectivity index (χ0) is 106. The number of carbonyl (C=O) groups is 6. The highest BCUT2D eigenvalue weighted by atomic mass is 16.8. The number of amides is 6. The Morgan fingerprint density at radius 3 is 0.743 bits per heavy atom. The SMILES string of the molecule is CC(=O)N[C@H]1[C@H](O[C@H]2[C@@H](O)[C@@H](CO)O[C@@H](O[C@H]3[C@H](O)[C@@H](O)[C@H](OC[C@@H](CO)NC=O)O[C@@H]3CO)[C@@H]2O)O[C@H](CO)[C@@H](O[C@@H]2O[C@H](CO[C@@H]3O[C@H](CO)[C@@H](O[C@@H]4O[C@H](CO[C@@H]5O[C@H](CO)[C@@H](O[C@@H]6O[C@H](CO)[C@H](O)[C@H](O[C@@H]7O[C@H](CO)[C@@H](O)[C@H](O)[C@H]7NC(C)=O)[C@H]6O)[C@H](O)[C@H]5NC(C)=O)[C@H](O)[C@H](O[C@@H]5O[C@H](CO)[C@@H](O[C@@H]6O[C@H](CO)[C@H](O)[C@H](O)[C@H]6O)[C@H](O)[C@H]5NC(C)=O)[C@H]4O)[C@H](O)[C@H]3NC(C)=O)[C@H](O)[C@H](O)[C@H]2O)[C@@H]1O. The van der Waals surface area contributed by atoms with Gasteiger partial charge in [-0.1, -0.05) is 0 Å². The third-order valence-corrected chi connectivity index (χ3v) is 25.9. The molecular weight excluding hydrogens is 1970 g/mol. The van der Waals surface area contributed by atoms with Crippen molar-refractivity contribution in [1.29, 1.82) is 0 Å². The fraction of sp³-hybridized carbons (Fsp3) is 0.925. The third-order valence-electron chi connectivity index (χ3n) is 25.9. The van der Waals surface area contributed by atoms with E-state index in [0.29, 0.717) is 0 Å². The minimum atomic E-state index is -2.55. The largest absolute Gasteiger partial charge is 0.394 e. The Labute approximate surface area is 815 Å². The molecule has 0 aromatic carbocycles. The topological polar surface area (TPSA) is 985 Å². The van der Waals surface area contributed by atoms with Crippen LogP contribution in [0.4, 0.5) is 0 Å². The highest BCUT2D eigenvalue weighted by Gasteiger charge is 2.63. The van der Waals surface area contributed by atoms with Crippen LogP contribution < -0.4 is 31.9 Å². The van der Waals surface area contributed by atoms with E-state index in [0.717, 1.165) is 34.6 Å². The zero-order valence-electron chi connectivity index (χ0n) is 77.4. The van der Waals surface area contributed by atoms with Crippen molar-refractivity contribution in [2.75, 3.05) is 85.9 Å². The Morgan fingerprint density at radius 2 is 0.444 bits per heavy atom. The number of nitrogens with one attached hydrogen (secondary N) is 6. The van der Waals surface area contributed by atoms with Gasteiger partial charge in [-0.15, -0.1) is 0 Å². The van der Waals surface area contributed by atoms with Gasteiger partial charge in [0.25, 0.3) is 0 Å². The Morgan fingerprint density at radius 1 is 0.229 bits per heavy atom. The number of aliphatic hydroxyl groups excluding tert-OH is 30. The number of aliphatic hydroxyl groups is 30. The minimum absolute atomic E-state index is 0.244. The van der Waals surface area contributed by atoms with Crippen LogP contribution in [0.2, 0.25) is 0 Å². The summed E-state index contributed by atoms with van der Waals surface area (Å²) in [5.41, 5.74) is 0.